The number of hydrogen-bond donors (Lipinski definition) is 2. The molecule has 1 unspecified atom stereocenters. The number of methoxy groups -OCH3 is 1. The first-order valence-corrected chi connectivity index (χ1v) is 9.94. The Labute approximate surface area is 179 Å². The molecule has 0 bridgehead atoms. The monoisotopic (exact) mass is 502 g/mol. The minimum atomic E-state index is -0.470. The number of fused-ring (bicyclic) bond motifs is 1. The van der Waals surface area contributed by atoms with E-state index in [1.54, 1.807) is 13.2 Å². The Bertz CT molecular complexity index is 1170. The maximum absolute atomic E-state index is 12.6. The first-order valence-electron chi connectivity index (χ1n) is 8.86. The smallest absolute Gasteiger partial charge is 0.337 e. The number of cyclic esters (lactones) is 1. The average molecular weight is 502 g/mol. The molecule has 29 heavy (non-hydrogen) atoms. The van der Waals surface area contributed by atoms with E-state index in [1.807, 2.05) is 36.4 Å². The summed E-state index contributed by atoms with van der Waals surface area (Å²) >= 11 is 2.06. The number of phenolic OH excluding ortho intramolecular Hbond substituents is 1. The van der Waals surface area contributed by atoms with Gasteiger partial charge in [-0.25, -0.2) is 4.79 Å². The maximum atomic E-state index is 12.6. The van der Waals surface area contributed by atoms with Crippen LogP contribution in [0.25, 0.3) is 11.3 Å². The lowest BCUT2D eigenvalue weighted by Gasteiger charge is -2.24. The first-order chi connectivity index (χ1) is 14.1. The van der Waals surface area contributed by atoms with Gasteiger partial charge in [-0.1, -0.05) is 11.2 Å². The number of aromatic nitrogens is 1. The number of aromatic hydroxyl groups is 1. The number of rotatable bonds is 3. The molecule has 2 aliphatic rings. The maximum Gasteiger partial charge on any atom is 0.337 e. The first kappa shape index (κ1) is 18.0. The largest absolute Gasteiger partial charge is 0.507 e. The Morgan fingerprint density at radius 2 is 2.03 bits per heavy atom. The van der Waals surface area contributed by atoms with Crippen molar-refractivity contribution in [3.05, 3.63) is 68.4 Å². The number of benzene rings is 2. The van der Waals surface area contributed by atoms with E-state index >= 15 is 0 Å². The lowest BCUT2D eigenvalue weighted by molar-refractivity contribution is -0.136. The van der Waals surface area contributed by atoms with Crippen molar-refractivity contribution in [2.45, 2.75) is 5.92 Å². The fraction of sp³-hybridized carbons (Fsp3) is 0.143. The van der Waals surface area contributed by atoms with Gasteiger partial charge in [-0.2, -0.15) is 0 Å². The van der Waals surface area contributed by atoms with Gasteiger partial charge in [0.05, 0.1) is 33.4 Å². The van der Waals surface area contributed by atoms with Crippen LogP contribution >= 0.6 is 22.6 Å². The zero-order chi connectivity index (χ0) is 20.1. The number of anilines is 1. The van der Waals surface area contributed by atoms with E-state index in [9.17, 15) is 9.90 Å². The fourth-order valence-corrected chi connectivity index (χ4v) is 4.08. The van der Waals surface area contributed by atoms with E-state index in [1.165, 1.54) is 0 Å². The lowest BCUT2D eigenvalue weighted by Crippen LogP contribution is -2.19. The van der Waals surface area contributed by atoms with Crippen LogP contribution in [0.3, 0.4) is 0 Å². The number of nitrogens with one attached hydrogen (secondary N) is 1. The van der Waals surface area contributed by atoms with Gasteiger partial charge in [0.25, 0.3) is 0 Å². The van der Waals surface area contributed by atoms with Gasteiger partial charge in [-0.15, -0.1) is 0 Å². The molecule has 3 aromatic rings. The quantitative estimate of drug-likeness (QED) is 0.413. The number of carbonyl (C=O) groups is 1. The Balaban J connectivity index is 1.71. The van der Waals surface area contributed by atoms with Crippen LogP contribution in [0, 0.1) is 3.57 Å². The summed E-state index contributed by atoms with van der Waals surface area (Å²) in [7, 11) is 1.61. The third-order valence-electron chi connectivity index (χ3n) is 5.13. The highest BCUT2D eigenvalue weighted by Gasteiger charge is 2.42. The molecule has 7 nitrogen and oxygen atoms in total. The van der Waals surface area contributed by atoms with Crippen LogP contribution in [-0.4, -0.2) is 29.9 Å². The van der Waals surface area contributed by atoms with E-state index < -0.39 is 5.92 Å². The van der Waals surface area contributed by atoms with E-state index in [0.717, 1.165) is 26.0 Å². The summed E-state index contributed by atoms with van der Waals surface area (Å²) in [6.07, 6.45) is 0. The fourth-order valence-electron chi connectivity index (χ4n) is 3.75. The number of nitrogens with zero attached hydrogens (tertiary/aromatic N) is 1. The minimum Gasteiger partial charge on any atom is -0.507 e. The summed E-state index contributed by atoms with van der Waals surface area (Å²) in [6.45, 7) is 0.152. The molecule has 146 valence electrons. The van der Waals surface area contributed by atoms with E-state index in [-0.39, 0.29) is 18.3 Å². The van der Waals surface area contributed by atoms with Crippen molar-refractivity contribution in [1.29, 1.82) is 0 Å². The Morgan fingerprint density at radius 1 is 1.24 bits per heavy atom. The third kappa shape index (κ3) is 2.86. The van der Waals surface area contributed by atoms with Crippen LogP contribution in [0.1, 0.15) is 17.0 Å². The Kier molecular flexibility index (Phi) is 4.23. The molecular formula is C21H15IN2O5. The number of halogens is 1. The summed E-state index contributed by atoms with van der Waals surface area (Å²) in [4.78, 5) is 12.6. The molecule has 0 saturated carbocycles. The molecule has 5 rings (SSSR count). The van der Waals surface area contributed by atoms with Crippen molar-refractivity contribution in [1.82, 2.24) is 5.16 Å². The molecular weight excluding hydrogens is 487 g/mol. The van der Waals surface area contributed by atoms with Gasteiger partial charge in [0.15, 0.2) is 0 Å². The molecule has 2 aromatic carbocycles. The van der Waals surface area contributed by atoms with Crippen LogP contribution in [0.5, 0.6) is 11.5 Å². The van der Waals surface area contributed by atoms with Gasteiger partial charge in [-0.05, 0) is 64.6 Å². The molecule has 0 spiro atoms. The van der Waals surface area contributed by atoms with Gasteiger partial charge in [0, 0.05) is 5.56 Å². The molecule has 2 N–H and O–H groups in total. The normalized spacial score (nSPS) is 17.4. The predicted molar refractivity (Wildman–Crippen MR) is 113 cm³/mol. The molecule has 0 amide bonds. The number of carbonyl (C=O) groups excluding carboxylic acids is 1. The highest BCUT2D eigenvalue weighted by atomic mass is 127. The predicted octanol–water partition coefficient (Wildman–Crippen LogP) is 4.03. The summed E-state index contributed by atoms with van der Waals surface area (Å²) < 4.78 is 16.8. The van der Waals surface area contributed by atoms with E-state index in [2.05, 4.69) is 33.1 Å². The number of hydrogen-bond acceptors (Lipinski definition) is 7. The second-order valence-electron chi connectivity index (χ2n) is 6.74. The van der Waals surface area contributed by atoms with Gasteiger partial charge in [0.1, 0.15) is 23.8 Å². The molecule has 1 atom stereocenters. The van der Waals surface area contributed by atoms with E-state index in [0.29, 0.717) is 22.8 Å². The van der Waals surface area contributed by atoms with Crippen molar-refractivity contribution in [3.63, 3.8) is 0 Å². The molecule has 1 aromatic heterocycles. The molecule has 0 saturated heterocycles. The Morgan fingerprint density at radius 3 is 2.76 bits per heavy atom. The zero-order valence-corrected chi connectivity index (χ0v) is 17.4. The summed E-state index contributed by atoms with van der Waals surface area (Å²) in [5.41, 5.74) is 4.10. The average Bonchev–Trinajstić information content (AvgIpc) is 3.32. The van der Waals surface area contributed by atoms with Gasteiger partial charge in [-0.3, -0.25) is 0 Å². The second-order valence-corrected chi connectivity index (χ2v) is 7.90. The summed E-state index contributed by atoms with van der Waals surface area (Å²) in [5.74, 6) is 0.494. The molecule has 0 fully saturated rings. The van der Waals surface area contributed by atoms with Gasteiger partial charge < -0.3 is 24.4 Å². The topological polar surface area (TPSA) is 93.8 Å². The molecule has 2 aliphatic heterocycles. The van der Waals surface area contributed by atoms with Crippen LogP contribution < -0.4 is 10.1 Å². The van der Waals surface area contributed by atoms with Gasteiger partial charge >= 0.3 is 5.97 Å². The van der Waals surface area contributed by atoms with Crippen molar-refractivity contribution in [2.24, 2.45) is 0 Å². The summed E-state index contributed by atoms with van der Waals surface area (Å²) in [5, 5.41) is 17.7. The lowest BCUT2D eigenvalue weighted by atomic mass is 9.81. The van der Waals surface area contributed by atoms with E-state index in [4.69, 9.17) is 14.0 Å². The minimum absolute atomic E-state index is 0.152. The molecule has 3 heterocycles. The van der Waals surface area contributed by atoms with Crippen molar-refractivity contribution >= 4 is 34.4 Å². The standard InChI is InChI=1S/C21H15IN2O5/c1-27-12-5-2-10(3-6-12)19-18-16(11-4-7-13(22)15(25)8-11)17-14(9-28-21(17)26)23-20(18)29-24-19/h2-8,16,23,25H,9H2,1H3. The highest BCUT2D eigenvalue weighted by Crippen LogP contribution is 2.48. The van der Waals surface area contributed by atoms with Crippen LogP contribution in [0.15, 0.2) is 58.3 Å². The van der Waals surface area contributed by atoms with Crippen molar-refractivity contribution < 1.29 is 23.9 Å². The number of ether oxygens (including phenoxy) is 2. The molecule has 0 radical (unpaired) electrons. The number of esters is 1. The van der Waals surface area contributed by atoms with Crippen molar-refractivity contribution in [2.75, 3.05) is 19.0 Å². The summed E-state index contributed by atoms with van der Waals surface area (Å²) in [6, 6.07) is 12.8. The Hall–Kier alpha value is -3.01. The van der Waals surface area contributed by atoms with Crippen LogP contribution in [0.4, 0.5) is 5.88 Å². The van der Waals surface area contributed by atoms with Gasteiger partial charge in [0.2, 0.25) is 5.88 Å². The van der Waals surface area contributed by atoms with Crippen molar-refractivity contribution in [3.8, 4) is 22.8 Å². The zero-order valence-electron chi connectivity index (χ0n) is 15.2. The highest BCUT2D eigenvalue weighted by molar-refractivity contribution is 14.1. The second kappa shape index (κ2) is 6.80. The van der Waals surface area contributed by atoms with Crippen LogP contribution in [0.2, 0.25) is 0 Å². The van der Waals surface area contributed by atoms with Crippen LogP contribution in [-0.2, 0) is 9.53 Å². The third-order valence-corrected chi connectivity index (χ3v) is 6.04. The molecule has 8 heteroatoms. The SMILES string of the molecule is COc1ccc(-c2noc3c2C(c2ccc(I)c(O)c2)C2=C(COC2=O)N3)cc1. The number of phenols is 1. The molecule has 0 aliphatic carbocycles.